The van der Waals surface area contributed by atoms with Crippen LogP contribution >= 0.6 is 11.3 Å². The van der Waals surface area contributed by atoms with E-state index in [-0.39, 0.29) is 6.04 Å². The highest BCUT2D eigenvalue weighted by molar-refractivity contribution is 7.12. The third-order valence-corrected chi connectivity index (χ3v) is 6.23. The molecule has 1 aliphatic rings. The van der Waals surface area contributed by atoms with Crippen molar-refractivity contribution in [2.24, 2.45) is 0 Å². The van der Waals surface area contributed by atoms with Gasteiger partial charge in [-0.05, 0) is 43.5 Å². The van der Waals surface area contributed by atoms with Gasteiger partial charge in [-0.3, -0.25) is 9.69 Å². The number of benzene rings is 1. The number of carboxylic acids is 1. The van der Waals surface area contributed by atoms with Crippen LogP contribution in [-0.4, -0.2) is 42.8 Å². The number of hydrogen-bond acceptors (Lipinski definition) is 5. The first-order chi connectivity index (χ1) is 12.6. The van der Waals surface area contributed by atoms with Crippen molar-refractivity contribution in [3.05, 3.63) is 45.6 Å². The fourth-order valence-corrected chi connectivity index (χ4v) is 4.73. The Kier molecular flexibility index (Phi) is 5.84. The Morgan fingerprint density at radius 1 is 1.31 bits per heavy atom. The van der Waals surface area contributed by atoms with Crippen LogP contribution in [0.3, 0.4) is 0 Å². The highest BCUT2D eigenvalue weighted by Crippen LogP contribution is 2.42. The van der Waals surface area contributed by atoms with Crippen molar-refractivity contribution >= 4 is 17.3 Å². The second-order valence-electron chi connectivity index (χ2n) is 6.40. The average molecular weight is 375 g/mol. The topological polar surface area (TPSA) is 59.0 Å². The first-order valence-electron chi connectivity index (χ1n) is 8.88. The van der Waals surface area contributed by atoms with Crippen LogP contribution in [0.15, 0.2) is 30.3 Å². The van der Waals surface area contributed by atoms with Crippen molar-refractivity contribution in [3.63, 3.8) is 0 Å². The lowest BCUT2D eigenvalue weighted by atomic mass is 10.0. The van der Waals surface area contributed by atoms with Crippen molar-refractivity contribution in [3.8, 4) is 11.5 Å². The molecule has 2 unspecified atom stereocenters. The van der Waals surface area contributed by atoms with Crippen molar-refractivity contribution < 1.29 is 19.4 Å². The number of aliphatic carboxylic acids is 1. The van der Waals surface area contributed by atoms with E-state index in [1.165, 1.54) is 4.88 Å². The minimum atomic E-state index is -0.757. The molecule has 26 heavy (non-hydrogen) atoms. The second-order valence-corrected chi connectivity index (χ2v) is 7.60. The van der Waals surface area contributed by atoms with Gasteiger partial charge in [0.25, 0.3) is 0 Å². The molecule has 1 aromatic heterocycles. The fourth-order valence-electron chi connectivity index (χ4n) is 3.63. The van der Waals surface area contributed by atoms with Gasteiger partial charge in [-0.15, -0.1) is 11.3 Å². The van der Waals surface area contributed by atoms with Crippen LogP contribution in [0, 0.1) is 0 Å². The average Bonchev–Trinajstić information content (AvgIpc) is 3.32. The quantitative estimate of drug-likeness (QED) is 0.794. The molecule has 1 N–H and O–H groups in total. The summed E-state index contributed by atoms with van der Waals surface area (Å²) < 4.78 is 10.9. The molecule has 1 fully saturated rings. The van der Waals surface area contributed by atoms with Crippen LogP contribution in [0.5, 0.6) is 11.5 Å². The van der Waals surface area contributed by atoms with Crippen LogP contribution in [-0.2, 0) is 11.2 Å². The summed E-state index contributed by atoms with van der Waals surface area (Å²) in [4.78, 5) is 16.3. The molecule has 0 aliphatic carbocycles. The van der Waals surface area contributed by atoms with Crippen molar-refractivity contribution in [1.29, 1.82) is 0 Å². The zero-order chi connectivity index (χ0) is 18.7. The Hall–Kier alpha value is -2.05. The Bertz CT molecular complexity index is 773. The summed E-state index contributed by atoms with van der Waals surface area (Å²) in [6, 6.07) is 9.41. The highest BCUT2D eigenvalue weighted by atomic mass is 32.1. The molecular weight excluding hydrogens is 350 g/mol. The molecule has 0 radical (unpaired) electrons. The summed E-state index contributed by atoms with van der Waals surface area (Å²) >= 11 is 1.74. The fraction of sp³-hybridized carbons (Fsp3) is 0.450. The number of hydrogen-bond donors (Lipinski definition) is 1. The molecule has 0 saturated carbocycles. The lowest BCUT2D eigenvalue weighted by molar-refractivity contribution is -0.142. The van der Waals surface area contributed by atoms with Crippen LogP contribution in [0.2, 0.25) is 0 Å². The van der Waals surface area contributed by atoms with E-state index >= 15 is 0 Å². The molecule has 140 valence electrons. The molecule has 1 aromatic carbocycles. The Labute approximate surface area is 158 Å². The van der Waals surface area contributed by atoms with Gasteiger partial charge in [0, 0.05) is 27.9 Å². The molecule has 2 heterocycles. The summed E-state index contributed by atoms with van der Waals surface area (Å²) in [6.45, 7) is 2.89. The van der Waals surface area contributed by atoms with Crippen LogP contribution in [0.4, 0.5) is 0 Å². The number of methoxy groups -OCH3 is 2. The Morgan fingerprint density at radius 2 is 2.12 bits per heavy atom. The van der Waals surface area contributed by atoms with Gasteiger partial charge in [-0.25, -0.2) is 0 Å². The number of ether oxygens (including phenoxy) is 2. The van der Waals surface area contributed by atoms with Crippen LogP contribution in [0.25, 0.3) is 0 Å². The van der Waals surface area contributed by atoms with Crippen molar-refractivity contribution in [2.75, 3.05) is 20.8 Å². The van der Waals surface area contributed by atoms with E-state index in [0.717, 1.165) is 41.3 Å². The number of carbonyl (C=O) groups is 1. The van der Waals surface area contributed by atoms with Gasteiger partial charge in [-0.2, -0.15) is 0 Å². The molecular formula is C20H25NO4S. The van der Waals surface area contributed by atoms with Gasteiger partial charge in [0.05, 0.1) is 20.3 Å². The van der Waals surface area contributed by atoms with Crippen LogP contribution in [0.1, 0.15) is 41.1 Å². The number of aryl methyl sites for hydroxylation is 1. The van der Waals surface area contributed by atoms with Gasteiger partial charge >= 0.3 is 5.97 Å². The maximum atomic E-state index is 11.8. The molecule has 0 amide bonds. The molecule has 6 heteroatoms. The Morgan fingerprint density at radius 3 is 2.73 bits per heavy atom. The number of nitrogens with zero attached hydrogens (tertiary/aromatic N) is 1. The van der Waals surface area contributed by atoms with Gasteiger partial charge < -0.3 is 14.6 Å². The zero-order valence-corrected chi connectivity index (χ0v) is 16.2. The standard InChI is InChI=1S/C20H25NO4S/c1-4-14-8-10-18(26-14)19(21-11-5-6-16(21)20(22)23)15-9-7-13(24-2)12-17(15)25-3/h7-10,12,16,19H,4-6,11H2,1-3H3,(H,22,23). The number of likely N-dealkylation sites (tertiary alicyclic amines) is 1. The van der Waals surface area contributed by atoms with Crippen LogP contribution < -0.4 is 9.47 Å². The molecule has 1 saturated heterocycles. The summed E-state index contributed by atoms with van der Waals surface area (Å²) in [5.41, 5.74) is 0.978. The van der Waals surface area contributed by atoms with E-state index in [4.69, 9.17) is 9.47 Å². The molecule has 3 rings (SSSR count). The van der Waals surface area contributed by atoms with E-state index in [1.807, 2.05) is 18.2 Å². The molecule has 2 aromatic rings. The molecule has 2 atom stereocenters. The predicted molar refractivity (Wildman–Crippen MR) is 102 cm³/mol. The molecule has 5 nitrogen and oxygen atoms in total. The number of rotatable bonds is 7. The third-order valence-electron chi connectivity index (χ3n) is 4.95. The van der Waals surface area contributed by atoms with E-state index in [2.05, 4.69) is 24.0 Å². The monoisotopic (exact) mass is 375 g/mol. The first kappa shape index (κ1) is 18.7. The smallest absolute Gasteiger partial charge is 0.320 e. The SMILES string of the molecule is CCc1ccc(C(c2ccc(OC)cc2OC)N2CCCC2C(=O)O)s1. The van der Waals surface area contributed by atoms with E-state index in [0.29, 0.717) is 6.42 Å². The van der Waals surface area contributed by atoms with Gasteiger partial charge in [0.15, 0.2) is 0 Å². The predicted octanol–water partition coefficient (Wildman–Crippen LogP) is 3.97. The minimum absolute atomic E-state index is 0.134. The highest BCUT2D eigenvalue weighted by Gasteiger charge is 2.38. The van der Waals surface area contributed by atoms with E-state index in [9.17, 15) is 9.90 Å². The van der Waals surface area contributed by atoms with E-state index in [1.54, 1.807) is 25.6 Å². The Balaban J connectivity index is 2.10. The maximum Gasteiger partial charge on any atom is 0.320 e. The minimum Gasteiger partial charge on any atom is -0.497 e. The van der Waals surface area contributed by atoms with E-state index < -0.39 is 12.0 Å². The second kappa shape index (κ2) is 8.10. The molecule has 0 bridgehead atoms. The van der Waals surface area contributed by atoms with Gasteiger partial charge in [-0.1, -0.05) is 6.92 Å². The maximum absolute atomic E-state index is 11.8. The van der Waals surface area contributed by atoms with Crippen molar-refractivity contribution in [2.45, 2.75) is 38.3 Å². The van der Waals surface area contributed by atoms with Crippen molar-refractivity contribution in [1.82, 2.24) is 4.90 Å². The lowest BCUT2D eigenvalue weighted by Gasteiger charge is -2.32. The van der Waals surface area contributed by atoms with Gasteiger partial charge in [0.2, 0.25) is 0 Å². The molecule has 1 aliphatic heterocycles. The molecule has 0 spiro atoms. The largest absolute Gasteiger partial charge is 0.497 e. The first-order valence-corrected chi connectivity index (χ1v) is 9.69. The number of carboxylic acid groups (broad SMARTS) is 1. The summed E-state index contributed by atoms with van der Waals surface area (Å²) in [6.07, 6.45) is 2.54. The normalized spacial score (nSPS) is 18.7. The lowest BCUT2D eigenvalue weighted by Crippen LogP contribution is -2.39. The zero-order valence-electron chi connectivity index (χ0n) is 15.4. The third kappa shape index (κ3) is 3.57. The van der Waals surface area contributed by atoms with Gasteiger partial charge in [0.1, 0.15) is 17.5 Å². The summed E-state index contributed by atoms with van der Waals surface area (Å²) in [5, 5.41) is 9.70. The number of thiophene rings is 1. The summed E-state index contributed by atoms with van der Waals surface area (Å²) in [7, 11) is 3.26. The summed E-state index contributed by atoms with van der Waals surface area (Å²) in [5.74, 6) is 0.685.